The van der Waals surface area contributed by atoms with Crippen LogP contribution in [0.3, 0.4) is 0 Å². The maximum absolute atomic E-state index is 11.1. The minimum absolute atomic E-state index is 0.147. The number of hydrogen-bond acceptors (Lipinski definition) is 4. The number of aliphatic carboxylic acids is 1. The number of hydrogen-bond donors (Lipinski definition) is 1. The first-order valence-corrected chi connectivity index (χ1v) is 6.04. The van der Waals surface area contributed by atoms with Crippen LogP contribution in [0.15, 0.2) is 39.5 Å². The molecule has 0 unspecified atom stereocenters. The molecule has 1 aromatic heterocycles. The normalized spacial score (nSPS) is 10.5. The predicted octanol–water partition coefficient (Wildman–Crippen LogP) is 2.43. The van der Waals surface area contributed by atoms with Crippen molar-refractivity contribution in [3.63, 3.8) is 0 Å². The van der Waals surface area contributed by atoms with Gasteiger partial charge in [-0.05, 0) is 31.0 Å². The van der Waals surface area contributed by atoms with E-state index in [2.05, 4.69) is 0 Å². The van der Waals surface area contributed by atoms with Gasteiger partial charge in [-0.2, -0.15) is 0 Å². The summed E-state index contributed by atoms with van der Waals surface area (Å²) in [5.41, 5.74) is 0.0849. The van der Waals surface area contributed by atoms with E-state index in [9.17, 15) is 9.59 Å². The molecule has 1 N–H and O–H groups in total. The molecule has 5 nitrogen and oxygen atoms in total. The highest BCUT2D eigenvalue weighted by Crippen LogP contribution is 2.24. The van der Waals surface area contributed by atoms with Crippen LogP contribution < -0.4 is 10.4 Å². The first-order chi connectivity index (χ1) is 9.16. The second-order valence-corrected chi connectivity index (χ2v) is 4.12. The molecule has 0 aliphatic rings. The summed E-state index contributed by atoms with van der Waals surface area (Å²) in [4.78, 5) is 21.5. The lowest BCUT2D eigenvalue weighted by Gasteiger charge is -2.07. The number of carboxylic acid groups (broad SMARTS) is 1. The Morgan fingerprint density at radius 1 is 1.21 bits per heavy atom. The summed E-state index contributed by atoms with van der Waals surface area (Å²) in [6, 6.07) is 8.25. The van der Waals surface area contributed by atoms with Crippen LogP contribution in [0.2, 0.25) is 0 Å². The SMILES string of the molecule is O=C(O)CCCCOc1cccc2oc(=O)ccc12. The van der Waals surface area contributed by atoms with Crippen molar-refractivity contribution < 1.29 is 19.1 Å². The van der Waals surface area contributed by atoms with E-state index < -0.39 is 11.6 Å². The minimum atomic E-state index is -0.799. The predicted molar refractivity (Wildman–Crippen MR) is 69.5 cm³/mol. The monoisotopic (exact) mass is 262 g/mol. The van der Waals surface area contributed by atoms with Crippen LogP contribution in [-0.2, 0) is 4.79 Å². The molecule has 0 atom stereocenters. The lowest BCUT2D eigenvalue weighted by molar-refractivity contribution is -0.137. The molecule has 2 aromatic rings. The highest BCUT2D eigenvalue weighted by molar-refractivity contribution is 5.83. The molecule has 0 amide bonds. The fraction of sp³-hybridized carbons (Fsp3) is 0.286. The number of carbonyl (C=O) groups is 1. The number of unbranched alkanes of at least 4 members (excludes halogenated alkanes) is 1. The van der Waals surface area contributed by atoms with Crippen LogP contribution in [0.5, 0.6) is 5.75 Å². The van der Waals surface area contributed by atoms with E-state index in [1.807, 2.05) is 0 Å². The van der Waals surface area contributed by atoms with Crippen molar-refractivity contribution in [2.75, 3.05) is 6.61 Å². The summed E-state index contributed by atoms with van der Waals surface area (Å²) in [6.45, 7) is 0.436. The van der Waals surface area contributed by atoms with Gasteiger partial charge >= 0.3 is 11.6 Å². The van der Waals surface area contributed by atoms with Crippen molar-refractivity contribution in [2.24, 2.45) is 0 Å². The molecule has 0 bridgehead atoms. The number of fused-ring (bicyclic) bond motifs is 1. The molecule has 19 heavy (non-hydrogen) atoms. The molecule has 1 heterocycles. The fourth-order valence-electron chi connectivity index (χ4n) is 1.76. The number of rotatable bonds is 6. The summed E-state index contributed by atoms with van der Waals surface area (Å²) in [6.07, 6.45) is 1.39. The van der Waals surface area contributed by atoms with Crippen molar-refractivity contribution in [1.82, 2.24) is 0 Å². The number of benzene rings is 1. The molecule has 1 aromatic carbocycles. The minimum Gasteiger partial charge on any atom is -0.493 e. The first-order valence-electron chi connectivity index (χ1n) is 6.04. The summed E-state index contributed by atoms with van der Waals surface area (Å²) in [7, 11) is 0. The van der Waals surface area contributed by atoms with Crippen LogP contribution in [0.1, 0.15) is 19.3 Å². The van der Waals surface area contributed by atoms with E-state index in [4.69, 9.17) is 14.3 Å². The van der Waals surface area contributed by atoms with Gasteiger partial charge in [0.1, 0.15) is 11.3 Å². The molecule has 0 saturated carbocycles. The van der Waals surface area contributed by atoms with Crippen LogP contribution in [-0.4, -0.2) is 17.7 Å². The van der Waals surface area contributed by atoms with Crippen LogP contribution in [0.25, 0.3) is 11.0 Å². The quantitative estimate of drug-likeness (QED) is 0.639. The van der Waals surface area contributed by atoms with E-state index in [1.165, 1.54) is 6.07 Å². The van der Waals surface area contributed by atoms with Gasteiger partial charge in [-0.25, -0.2) is 4.79 Å². The van der Waals surface area contributed by atoms with Gasteiger partial charge in [0.15, 0.2) is 0 Å². The van der Waals surface area contributed by atoms with E-state index in [0.717, 1.165) is 5.39 Å². The van der Waals surface area contributed by atoms with Gasteiger partial charge in [0.05, 0.1) is 12.0 Å². The molecule has 100 valence electrons. The highest BCUT2D eigenvalue weighted by Gasteiger charge is 2.04. The molecule has 0 saturated heterocycles. The molecule has 2 rings (SSSR count). The van der Waals surface area contributed by atoms with E-state index in [0.29, 0.717) is 30.8 Å². The highest BCUT2D eigenvalue weighted by atomic mass is 16.5. The topological polar surface area (TPSA) is 76.7 Å². The van der Waals surface area contributed by atoms with Crippen molar-refractivity contribution in [3.8, 4) is 5.75 Å². The van der Waals surface area contributed by atoms with Gasteiger partial charge in [0.25, 0.3) is 0 Å². The zero-order valence-electron chi connectivity index (χ0n) is 10.3. The lowest BCUT2D eigenvalue weighted by atomic mass is 10.2. The Morgan fingerprint density at radius 3 is 2.84 bits per heavy atom. The molecule has 5 heteroatoms. The smallest absolute Gasteiger partial charge is 0.336 e. The largest absolute Gasteiger partial charge is 0.493 e. The Labute approximate surface area is 109 Å². The number of carboxylic acids is 1. The molecule has 0 aliphatic heterocycles. The third-order valence-corrected chi connectivity index (χ3v) is 2.67. The average molecular weight is 262 g/mol. The zero-order chi connectivity index (χ0) is 13.7. The molecular formula is C14H14O5. The van der Waals surface area contributed by atoms with Crippen molar-refractivity contribution in [1.29, 1.82) is 0 Å². The van der Waals surface area contributed by atoms with Gasteiger partial charge in [-0.3, -0.25) is 4.79 Å². The van der Waals surface area contributed by atoms with Crippen molar-refractivity contribution in [2.45, 2.75) is 19.3 Å². The Kier molecular flexibility index (Phi) is 4.18. The van der Waals surface area contributed by atoms with Gasteiger partial charge in [0, 0.05) is 12.5 Å². The van der Waals surface area contributed by atoms with Gasteiger partial charge in [0.2, 0.25) is 0 Å². The Hall–Kier alpha value is -2.30. The summed E-state index contributed by atoms with van der Waals surface area (Å²) in [5.74, 6) is -0.163. The van der Waals surface area contributed by atoms with E-state index in [1.54, 1.807) is 24.3 Å². The first kappa shape index (κ1) is 13.1. The second kappa shape index (κ2) is 6.04. The molecule has 0 fully saturated rings. The maximum Gasteiger partial charge on any atom is 0.336 e. The van der Waals surface area contributed by atoms with Crippen molar-refractivity contribution >= 4 is 16.9 Å². The summed E-state index contributed by atoms with van der Waals surface area (Å²) in [5, 5.41) is 9.25. The van der Waals surface area contributed by atoms with Crippen molar-refractivity contribution in [3.05, 3.63) is 40.8 Å². The second-order valence-electron chi connectivity index (χ2n) is 4.12. The molecule has 0 spiro atoms. The Morgan fingerprint density at radius 2 is 2.05 bits per heavy atom. The van der Waals surface area contributed by atoms with Crippen LogP contribution >= 0.6 is 0 Å². The maximum atomic E-state index is 11.1. The fourth-order valence-corrected chi connectivity index (χ4v) is 1.76. The molecule has 0 radical (unpaired) electrons. The Bertz CT molecular complexity index is 629. The molecule has 0 aliphatic carbocycles. The van der Waals surface area contributed by atoms with Gasteiger partial charge < -0.3 is 14.3 Å². The standard InChI is InChI=1S/C14H14O5/c15-13(16)6-1-2-9-18-11-4-3-5-12-10(11)7-8-14(17)19-12/h3-5,7-8H,1-2,6,9H2,(H,15,16). The summed E-state index contributed by atoms with van der Waals surface area (Å²) < 4.78 is 10.6. The van der Waals surface area contributed by atoms with Gasteiger partial charge in [-0.1, -0.05) is 6.07 Å². The van der Waals surface area contributed by atoms with E-state index >= 15 is 0 Å². The van der Waals surface area contributed by atoms with Crippen LogP contribution in [0, 0.1) is 0 Å². The number of ether oxygens (including phenoxy) is 1. The van der Waals surface area contributed by atoms with E-state index in [-0.39, 0.29) is 6.42 Å². The third kappa shape index (κ3) is 3.58. The van der Waals surface area contributed by atoms with Crippen LogP contribution in [0.4, 0.5) is 0 Å². The van der Waals surface area contributed by atoms with Gasteiger partial charge in [-0.15, -0.1) is 0 Å². The zero-order valence-corrected chi connectivity index (χ0v) is 10.3. The Balaban J connectivity index is 2.01. The molecular weight excluding hydrogens is 248 g/mol. The summed E-state index contributed by atoms with van der Waals surface area (Å²) >= 11 is 0. The lowest BCUT2D eigenvalue weighted by Crippen LogP contribution is -2.01. The third-order valence-electron chi connectivity index (χ3n) is 2.67. The average Bonchev–Trinajstić information content (AvgIpc) is 2.37.